The molecule has 0 radical (unpaired) electrons. The lowest BCUT2D eigenvalue weighted by Gasteiger charge is -2.39. The van der Waals surface area contributed by atoms with Crippen LogP contribution in [0.25, 0.3) is 33.8 Å². The summed E-state index contributed by atoms with van der Waals surface area (Å²) in [6.07, 6.45) is 1.99. The van der Waals surface area contributed by atoms with E-state index in [0.29, 0.717) is 5.82 Å². The van der Waals surface area contributed by atoms with Crippen molar-refractivity contribution in [2.24, 2.45) is 0 Å². The van der Waals surface area contributed by atoms with Crippen LogP contribution >= 0.6 is 0 Å². The van der Waals surface area contributed by atoms with Crippen LogP contribution in [0, 0.1) is 0 Å². The van der Waals surface area contributed by atoms with Gasteiger partial charge in [0.05, 0.1) is 29.0 Å². The average Bonchev–Trinajstić information content (AvgIpc) is 3.51. The Bertz CT molecular complexity index is 1800. The summed E-state index contributed by atoms with van der Waals surface area (Å²) in [6.45, 7) is 0. The number of hydrogen-bond donors (Lipinski definition) is 1. The van der Waals surface area contributed by atoms with E-state index in [1.54, 1.807) is 0 Å². The van der Waals surface area contributed by atoms with Crippen LogP contribution in [0.1, 0.15) is 11.1 Å². The van der Waals surface area contributed by atoms with Crippen molar-refractivity contribution in [3.05, 3.63) is 151 Å². The summed E-state index contributed by atoms with van der Waals surface area (Å²) in [7, 11) is 0. The summed E-state index contributed by atoms with van der Waals surface area (Å²) < 4.78 is 0. The number of anilines is 3. The lowest BCUT2D eigenvalue weighted by molar-refractivity contribution is 0.641. The Kier molecular flexibility index (Phi) is 4.70. The van der Waals surface area contributed by atoms with Gasteiger partial charge in [-0.15, -0.1) is 0 Å². The molecule has 0 saturated heterocycles. The molecule has 0 fully saturated rings. The molecule has 1 spiro atoms. The molecule has 1 aromatic heterocycles. The van der Waals surface area contributed by atoms with E-state index in [0.717, 1.165) is 33.9 Å². The van der Waals surface area contributed by atoms with Crippen LogP contribution in [0.5, 0.6) is 0 Å². The van der Waals surface area contributed by atoms with Crippen molar-refractivity contribution in [3.63, 3.8) is 0 Å². The number of rotatable bonds is 3. The SMILES string of the molecule is c1ccc(-c2ncc(N3c4ccccc4NC34c3ccccc3-c3ccccc34)c(-c3ccccc3)n2)cc1. The van der Waals surface area contributed by atoms with E-state index in [-0.39, 0.29) is 0 Å². The molecule has 0 bridgehead atoms. The molecule has 4 heteroatoms. The number of aromatic nitrogens is 2. The molecule has 1 N–H and O–H groups in total. The number of benzene rings is 5. The van der Waals surface area contributed by atoms with Crippen LogP contribution in [-0.2, 0) is 5.66 Å². The Morgan fingerprint density at radius 2 is 1.10 bits per heavy atom. The third-order valence-electron chi connectivity index (χ3n) is 7.81. The minimum Gasteiger partial charge on any atom is -0.353 e. The van der Waals surface area contributed by atoms with Gasteiger partial charge < -0.3 is 10.2 Å². The molecule has 1 aliphatic carbocycles. The first kappa shape index (κ1) is 21.8. The summed E-state index contributed by atoms with van der Waals surface area (Å²) >= 11 is 0. The Hall–Kier alpha value is -5.22. The Balaban J connectivity index is 1.45. The van der Waals surface area contributed by atoms with Crippen LogP contribution in [0.4, 0.5) is 17.1 Å². The highest BCUT2D eigenvalue weighted by molar-refractivity contribution is 5.96. The predicted octanol–water partition coefficient (Wildman–Crippen LogP) is 8.26. The second-order valence-corrected chi connectivity index (χ2v) is 9.94. The molecule has 8 rings (SSSR count). The number of para-hydroxylation sites is 2. The highest BCUT2D eigenvalue weighted by Crippen LogP contribution is 2.60. The maximum Gasteiger partial charge on any atom is 0.169 e. The molecule has 5 aromatic carbocycles. The van der Waals surface area contributed by atoms with Gasteiger partial charge in [-0.1, -0.05) is 121 Å². The van der Waals surface area contributed by atoms with Gasteiger partial charge >= 0.3 is 0 Å². The zero-order chi connectivity index (χ0) is 25.8. The van der Waals surface area contributed by atoms with E-state index in [1.807, 2.05) is 30.5 Å². The second-order valence-electron chi connectivity index (χ2n) is 9.94. The van der Waals surface area contributed by atoms with Crippen molar-refractivity contribution < 1.29 is 0 Å². The molecule has 4 nitrogen and oxygen atoms in total. The molecular weight excluding hydrogens is 476 g/mol. The summed E-state index contributed by atoms with van der Waals surface area (Å²) in [4.78, 5) is 12.6. The van der Waals surface area contributed by atoms with Gasteiger partial charge in [0.15, 0.2) is 11.5 Å². The van der Waals surface area contributed by atoms with Crippen LogP contribution in [0.15, 0.2) is 140 Å². The third kappa shape index (κ3) is 3.12. The lowest BCUT2D eigenvalue weighted by Crippen LogP contribution is -2.45. The van der Waals surface area contributed by atoms with Crippen molar-refractivity contribution >= 4 is 17.1 Å². The molecular formula is C35H24N4. The first-order chi connectivity index (χ1) is 19.3. The predicted molar refractivity (Wildman–Crippen MR) is 158 cm³/mol. The summed E-state index contributed by atoms with van der Waals surface area (Å²) in [5.74, 6) is 0.708. The maximum atomic E-state index is 5.22. The largest absolute Gasteiger partial charge is 0.353 e. The average molecular weight is 501 g/mol. The molecule has 39 heavy (non-hydrogen) atoms. The van der Waals surface area contributed by atoms with Gasteiger partial charge in [-0.2, -0.15) is 0 Å². The monoisotopic (exact) mass is 500 g/mol. The standard InChI is InChI=1S/C35H24N4/c1-3-13-24(14-4-1)33-32(23-36-34(37-33)25-15-5-2-6-16-25)39-31-22-12-11-21-30(31)38-35(39)28-19-9-7-17-26(28)27-18-8-10-20-29(27)35/h1-23,38H. The third-order valence-corrected chi connectivity index (χ3v) is 7.81. The maximum absolute atomic E-state index is 5.22. The van der Waals surface area contributed by atoms with Crippen molar-refractivity contribution in [2.45, 2.75) is 5.66 Å². The van der Waals surface area contributed by atoms with Crippen molar-refractivity contribution in [1.82, 2.24) is 9.97 Å². The minimum atomic E-state index is -0.641. The zero-order valence-electron chi connectivity index (χ0n) is 21.1. The fourth-order valence-corrected chi connectivity index (χ4v) is 6.18. The lowest BCUT2D eigenvalue weighted by atomic mass is 9.94. The Labute approximate surface area is 227 Å². The summed E-state index contributed by atoms with van der Waals surface area (Å²) in [5, 5.41) is 3.97. The van der Waals surface area contributed by atoms with Crippen LogP contribution < -0.4 is 10.2 Å². The quantitative estimate of drug-likeness (QED) is 0.266. The normalized spacial score (nSPS) is 14.0. The smallest absolute Gasteiger partial charge is 0.169 e. The highest BCUT2D eigenvalue weighted by atomic mass is 15.4. The highest BCUT2D eigenvalue weighted by Gasteiger charge is 2.53. The van der Waals surface area contributed by atoms with Crippen LogP contribution in [-0.4, -0.2) is 9.97 Å². The van der Waals surface area contributed by atoms with E-state index in [4.69, 9.17) is 9.97 Å². The van der Waals surface area contributed by atoms with E-state index >= 15 is 0 Å². The molecule has 0 amide bonds. The molecule has 0 unspecified atom stereocenters. The number of nitrogens with one attached hydrogen (secondary N) is 1. The molecule has 0 atom stereocenters. The molecule has 0 saturated carbocycles. The number of hydrogen-bond acceptors (Lipinski definition) is 4. The van der Waals surface area contributed by atoms with Crippen LogP contribution in [0.3, 0.4) is 0 Å². The van der Waals surface area contributed by atoms with E-state index in [1.165, 1.54) is 22.3 Å². The van der Waals surface area contributed by atoms with Crippen molar-refractivity contribution in [3.8, 4) is 33.8 Å². The van der Waals surface area contributed by atoms with Gasteiger partial charge in [0, 0.05) is 22.3 Å². The fourth-order valence-electron chi connectivity index (χ4n) is 6.18. The Morgan fingerprint density at radius 3 is 1.79 bits per heavy atom. The van der Waals surface area contributed by atoms with Gasteiger partial charge in [-0.05, 0) is 23.3 Å². The summed E-state index contributed by atoms with van der Waals surface area (Å²) in [6, 6.07) is 46.5. The minimum absolute atomic E-state index is 0.641. The zero-order valence-corrected chi connectivity index (χ0v) is 21.1. The van der Waals surface area contributed by atoms with Gasteiger partial charge in [0.1, 0.15) is 0 Å². The molecule has 2 aliphatic rings. The van der Waals surface area contributed by atoms with E-state index in [9.17, 15) is 0 Å². The van der Waals surface area contributed by atoms with Gasteiger partial charge in [-0.25, -0.2) is 9.97 Å². The van der Waals surface area contributed by atoms with Gasteiger partial charge in [0.2, 0.25) is 0 Å². The van der Waals surface area contributed by atoms with Gasteiger partial charge in [0.25, 0.3) is 0 Å². The van der Waals surface area contributed by atoms with Crippen molar-refractivity contribution in [2.75, 3.05) is 10.2 Å². The first-order valence-electron chi connectivity index (χ1n) is 13.2. The first-order valence-corrected chi connectivity index (χ1v) is 13.2. The molecule has 1 aliphatic heterocycles. The van der Waals surface area contributed by atoms with Crippen LogP contribution in [0.2, 0.25) is 0 Å². The molecule has 6 aromatic rings. The Morgan fingerprint density at radius 1 is 0.538 bits per heavy atom. The fraction of sp³-hybridized carbons (Fsp3) is 0.0286. The topological polar surface area (TPSA) is 41.1 Å². The van der Waals surface area contributed by atoms with Gasteiger partial charge in [-0.3, -0.25) is 0 Å². The molecule has 184 valence electrons. The van der Waals surface area contributed by atoms with Crippen molar-refractivity contribution in [1.29, 1.82) is 0 Å². The van der Waals surface area contributed by atoms with E-state index < -0.39 is 5.66 Å². The molecule has 2 heterocycles. The van der Waals surface area contributed by atoms with E-state index in [2.05, 4.69) is 119 Å². The number of nitrogens with zero attached hydrogens (tertiary/aromatic N) is 3. The second kappa shape index (κ2) is 8.40. The number of fused-ring (bicyclic) bond motifs is 6. The summed E-state index contributed by atoms with van der Waals surface area (Å²) in [5.41, 5.74) is 10.3.